The van der Waals surface area contributed by atoms with Crippen LogP contribution in [0.15, 0.2) is 0 Å². The monoisotopic (exact) mass is 156 g/mol. The minimum absolute atomic E-state index is 0.123. The molecule has 0 aliphatic heterocycles. The Morgan fingerprint density at radius 3 is 2.18 bits per heavy atom. The molecule has 0 radical (unpaired) electrons. The Labute approximate surface area is 67.1 Å². The van der Waals surface area contributed by atoms with Crippen LogP contribution in [-0.2, 0) is 4.79 Å². The highest BCUT2D eigenvalue weighted by atomic mass is 16.1. The molecule has 0 aromatic rings. The number of primary amides is 1. The molecule has 1 aliphatic rings. The molecule has 1 aliphatic carbocycles. The van der Waals surface area contributed by atoms with Gasteiger partial charge in [-0.2, -0.15) is 0 Å². The van der Waals surface area contributed by atoms with Crippen molar-refractivity contribution in [1.29, 1.82) is 0 Å². The van der Waals surface area contributed by atoms with E-state index in [1.54, 1.807) is 0 Å². The van der Waals surface area contributed by atoms with Crippen molar-refractivity contribution in [2.24, 2.45) is 23.3 Å². The summed E-state index contributed by atoms with van der Waals surface area (Å²) < 4.78 is 0. The molecule has 3 nitrogen and oxygen atoms in total. The van der Waals surface area contributed by atoms with Crippen LogP contribution < -0.4 is 11.5 Å². The van der Waals surface area contributed by atoms with E-state index in [2.05, 4.69) is 0 Å². The molecule has 0 bridgehead atoms. The van der Waals surface area contributed by atoms with Gasteiger partial charge in [-0.25, -0.2) is 0 Å². The van der Waals surface area contributed by atoms with Gasteiger partial charge in [0, 0.05) is 5.92 Å². The van der Waals surface area contributed by atoms with Crippen molar-refractivity contribution in [3.63, 3.8) is 0 Å². The van der Waals surface area contributed by atoms with Crippen molar-refractivity contribution >= 4 is 5.91 Å². The van der Waals surface area contributed by atoms with Crippen molar-refractivity contribution in [2.75, 3.05) is 6.54 Å². The van der Waals surface area contributed by atoms with Crippen LogP contribution in [0.5, 0.6) is 0 Å². The average Bonchev–Trinajstić information content (AvgIpc) is 2.05. The molecule has 64 valence electrons. The summed E-state index contributed by atoms with van der Waals surface area (Å²) in [6.45, 7) is 0.755. The number of carbonyl (C=O) groups is 1. The molecule has 0 spiro atoms. The maximum absolute atomic E-state index is 10.7. The van der Waals surface area contributed by atoms with Gasteiger partial charge in [0.1, 0.15) is 0 Å². The van der Waals surface area contributed by atoms with E-state index in [1.165, 1.54) is 0 Å². The average molecular weight is 156 g/mol. The van der Waals surface area contributed by atoms with E-state index >= 15 is 0 Å². The molecule has 4 N–H and O–H groups in total. The molecular formula is C8H16N2O. The Morgan fingerprint density at radius 1 is 1.27 bits per heavy atom. The normalized spacial score (nSPS) is 31.7. The van der Waals surface area contributed by atoms with E-state index in [0.717, 1.165) is 32.2 Å². The first kappa shape index (κ1) is 8.53. The van der Waals surface area contributed by atoms with Crippen LogP contribution in [0.4, 0.5) is 0 Å². The van der Waals surface area contributed by atoms with Crippen LogP contribution >= 0.6 is 0 Å². The molecular weight excluding hydrogens is 140 g/mol. The molecule has 0 aromatic heterocycles. The Morgan fingerprint density at radius 2 is 1.82 bits per heavy atom. The lowest BCUT2D eigenvalue weighted by Crippen LogP contribution is -2.29. The van der Waals surface area contributed by atoms with Crippen LogP contribution in [0.1, 0.15) is 25.7 Å². The van der Waals surface area contributed by atoms with Gasteiger partial charge in [0.05, 0.1) is 0 Å². The SMILES string of the molecule is NCC1CCC(C(N)=O)CC1. The molecule has 0 heterocycles. The van der Waals surface area contributed by atoms with Gasteiger partial charge >= 0.3 is 0 Å². The van der Waals surface area contributed by atoms with E-state index in [4.69, 9.17) is 11.5 Å². The first-order chi connectivity index (χ1) is 5.24. The molecule has 0 atom stereocenters. The first-order valence-corrected chi connectivity index (χ1v) is 4.23. The summed E-state index contributed by atoms with van der Waals surface area (Å²) in [6.07, 6.45) is 4.03. The molecule has 1 rings (SSSR count). The van der Waals surface area contributed by atoms with Crippen LogP contribution in [0.3, 0.4) is 0 Å². The zero-order valence-corrected chi connectivity index (χ0v) is 6.75. The van der Waals surface area contributed by atoms with Crippen molar-refractivity contribution < 1.29 is 4.79 Å². The van der Waals surface area contributed by atoms with Crippen LogP contribution in [0.2, 0.25) is 0 Å². The second-order valence-electron chi connectivity index (χ2n) is 3.36. The lowest BCUT2D eigenvalue weighted by molar-refractivity contribution is -0.122. The minimum Gasteiger partial charge on any atom is -0.369 e. The molecule has 1 saturated carbocycles. The summed E-state index contributed by atoms with van der Waals surface area (Å²) in [5.74, 6) is 0.615. The third kappa shape index (κ3) is 2.19. The summed E-state index contributed by atoms with van der Waals surface area (Å²) in [5.41, 5.74) is 10.7. The van der Waals surface area contributed by atoms with Gasteiger partial charge < -0.3 is 11.5 Å². The second kappa shape index (κ2) is 3.72. The largest absolute Gasteiger partial charge is 0.369 e. The molecule has 1 amide bonds. The van der Waals surface area contributed by atoms with E-state index in [1.807, 2.05) is 0 Å². The number of carbonyl (C=O) groups excluding carboxylic acids is 1. The number of amides is 1. The second-order valence-corrected chi connectivity index (χ2v) is 3.36. The summed E-state index contributed by atoms with van der Waals surface area (Å²) >= 11 is 0. The Hall–Kier alpha value is -0.570. The van der Waals surface area contributed by atoms with Gasteiger partial charge in [-0.3, -0.25) is 4.79 Å². The molecule has 0 saturated heterocycles. The molecule has 0 aromatic carbocycles. The van der Waals surface area contributed by atoms with Gasteiger partial charge in [-0.05, 0) is 38.1 Å². The highest BCUT2D eigenvalue weighted by Crippen LogP contribution is 2.27. The predicted octanol–water partition coefficient (Wildman–Crippen LogP) is 0.237. The Kier molecular flexibility index (Phi) is 2.88. The maximum Gasteiger partial charge on any atom is 0.220 e. The predicted molar refractivity (Wildman–Crippen MR) is 43.7 cm³/mol. The zero-order valence-electron chi connectivity index (χ0n) is 6.75. The van der Waals surface area contributed by atoms with E-state index < -0.39 is 0 Å². The summed E-state index contributed by atoms with van der Waals surface area (Å²) in [6, 6.07) is 0. The van der Waals surface area contributed by atoms with Gasteiger partial charge in [0.15, 0.2) is 0 Å². The maximum atomic E-state index is 10.7. The summed E-state index contributed by atoms with van der Waals surface area (Å²) in [7, 11) is 0. The number of hydrogen-bond donors (Lipinski definition) is 2. The van der Waals surface area contributed by atoms with Crippen LogP contribution in [-0.4, -0.2) is 12.5 Å². The van der Waals surface area contributed by atoms with Crippen molar-refractivity contribution in [2.45, 2.75) is 25.7 Å². The fourth-order valence-electron chi connectivity index (χ4n) is 1.68. The van der Waals surface area contributed by atoms with Crippen molar-refractivity contribution in [3.8, 4) is 0 Å². The van der Waals surface area contributed by atoms with Crippen molar-refractivity contribution in [3.05, 3.63) is 0 Å². The number of hydrogen-bond acceptors (Lipinski definition) is 2. The minimum atomic E-state index is -0.138. The number of nitrogens with two attached hydrogens (primary N) is 2. The van der Waals surface area contributed by atoms with Crippen LogP contribution in [0.25, 0.3) is 0 Å². The number of rotatable bonds is 2. The fraction of sp³-hybridized carbons (Fsp3) is 0.875. The fourth-order valence-corrected chi connectivity index (χ4v) is 1.68. The first-order valence-electron chi connectivity index (χ1n) is 4.23. The van der Waals surface area contributed by atoms with Gasteiger partial charge in [-0.15, -0.1) is 0 Å². The quantitative estimate of drug-likeness (QED) is 0.601. The Bertz CT molecular complexity index is 139. The highest BCUT2D eigenvalue weighted by molar-refractivity contribution is 5.76. The molecule has 3 heteroatoms. The lowest BCUT2D eigenvalue weighted by atomic mass is 9.82. The van der Waals surface area contributed by atoms with Gasteiger partial charge in [-0.1, -0.05) is 0 Å². The van der Waals surface area contributed by atoms with E-state index in [-0.39, 0.29) is 11.8 Å². The molecule has 0 unspecified atom stereocenters. The zero-order chi connectivity index (χ0) is 8.27. The Balaban J connectivity index is 2.30. The van der Waals surface area contributed by atoms with Gasteiger partial charge in [0.2, 0.25) is 5.91 Å². The molecule has 11 heavy (non-hydrogen) atoms. The highest BCUT2D eigenvalue weighted by Gasteiger charge is 2.23. The molecule has 1 fully saturated rings. The summed E-state index contributed by atoms with van der Waals surface area (Å²) in [4.78, 5) is 10.7. The van der Waals surface area contributed by atoms with E-state index in [0.29, 0.717) is 5.92 Å². The smallest absolute Gasteiger partial charge is 0.220 e. The third-order valence-electron chi connectivity index (χ3n) is 2.58. The van der Waals surface area contributed by atoms with Crippen LogP contribution in [0, 0.1) is 11.8 Å². The van der Waals surface area contributed by atoms with E-state index in [9.17, 15) is 4.79 Å². The lowest BCUT2D eigenvalue weighted by Gasteiger charge is -2.25. The standard InChI is InChI=1S/C8H16N2O/c9-5-6-1-3-7(4-2-6)8(10)11/h6-7H,1-5,9H2,(H2,10,11). The van der Waals surface area contributed by atoms with Gasteiger partial charge in [0.25, 0.3) is 0 Å². The third-order valence-corrected chi connectivity index (χ3v) is 2.58. The topological polar surface area (TPSA) is 69.1 Å². The van der Waals surface area contributed by atoms with Crippen molar-refractivity contribution in [1.82, 2.24) is 0 Å². The summed E-state index contributed by atoms with van der Waals surface area (Å²) in [5, 5.41) is 0.